The highest BCUT2D eigenvalue weighted by atomic mass is 79.9. The molecule has 0 spiro atoms. The van der Waals surface area contributed by atoms with Crippen molar-refractivity contribution in [1.82, 2.24) is 88.2 Å². The van der Waals surface area contributed by atoms with Gasteiger partial charge in [-0.2, -0.15) is 35.9 Å². The van der Waals surface area contributed by atoms with Crippen molar-refractivity contribution in [2.24, 2.45) is 0 Å². The minimum Gasteiger partial charge on any atom is -0.396 e. The van der Waals surface area contributed by atoms with E-state index in [-0.39, 0.29) is 67.8 Å². The zero-order chi connectivity index (χ0) is 64.5. The fourth-order valence-electron chi connectivity index (χ4n) is 8.76. The molecule has 89 heavy (non-hydrogen) atoms. The lowest BCUT2D eigenvalue weighted by Crippen LogP contribution is -2.27. The molecule has 1 atom stereocenters. The number of rotatable bonds is 18. The van der Waals surface area contributed by atoms with Gasteiger partial charge in [-0.15, -0.1) is 17.0 Å². The second-order valence-electron chi connectivity index (χ2n) is 21.4. The Balaban J connectivity index is 0.000000247. The van der Waals surface area contributed by atoms with Crippen LogP contribution in [0.4, 0.5) is 28.7 Å². The molecular formula is C55H78Br2N24O7S. The number of nitriles is 2. The molecule has 4 N–H and O–H groups in total. The molecule has 0 radical (unpaired) electrons. The van der Waals surface area contributed by atoms with E-state index in [1.165, 1.54) is 37.1 Å². The van der Waals surface area contributed by atoms with Crippen LogP contribution in [0.2, 0.25) is 0 Å². The topological polar surface area (TPSA) is 380 Å². The Morgan fingerprint density at radius 2 is 1.13 bits per heavy atom. The number of nitro groups is 2. The summed E-state index contributed by atoms with van der Waals surface area (Å²) in [6, 6.07) is 7.17. The molecule has 0 amide bonds. The van der Waals surface area contributed by atoms with Gasteiger partial charge in [0.2, 0.25) is 11.1 Å². The van der Waals surface area contributed by atoms with Gasteiger partial charge in [-0.05, 0) is 94.2 Å². The molecule has 0 saturated heterocycles. The number of nitrogens with zero attached hydrogens (tertiary/aromatic N) is 21. The quantitative estimate of drug-likeness (QED) is 0.0383. The summed E-state index contributed by atoms with van der Waals surface area (Å²) in [5.41, 5.74) is 7.72. The van der Waals surface area contributed by atoms with Crippen LogP contribution in [0, 0.1) is 42.9 Å². The molecule has 1 unspecified atom stereocenters. The van der Waals surface area contributed by atoms with E-state index in [1.807, 2.05) is 81.1 Å². The second-order valence-corrected chi connectivity index (χ2v) is 23.5. The van der Waals surface area contributed by atoms with Gasteiger partial charge >= 0.3 is 11.4 Å². The number of halogens is 2. The second kappa shape index (κ2) is 36.9. The zero-order valence-electron chi connectivity index (χ0n) is 51.4. The number of pyridine rings is 2. The van der Waals surface area contributed by atoms with E-state index >= 15 is 0 Å². The first-order chi connectivity index (χ1) is 42.0. The van der Waals surface area contributed by atoms with Crippen LogP contribution < -0.4 is 22.2 Å². The molecule has 8 heterocycles. The van der Waals surface area contributed by atoms with Crippen molar-refractivity contribution in [3.05, 3.63) is 126 Å². The Labute approximate surface area is 536 Å². The third-order valence-corrected chi connectivity index (χ3v) is 14.4. The van der Waals surface area contributed by atoms with Crippen molar-refractivity contribution in [1.29, 1.82) is 10.5 Å². The van der Waals surface area contributed by atoms with Gasteiger partial charge in [0.1, 0.15) is 53.2 Å². The lowest BCUT2D eigenvalue weighted by Gasteiger charge is -2.16. The van der Waals surface area contributed by atoms with Gasteiger partial charge in [0, 0.05) is 85.4 Å². The molecule has 8 aromatic heterocycles. The van der Waals surface area contributed by atoms with Crippen LogP contribution in [0.1, 0.15) is 74.6 Å². The third-order valence-electron chi connectivity index (χ3n) is 13.3. The Morgan fingerprint density at radius 1 is 0.674 bits per heavy atom. The van der Waals surface area contributed by atoms with Crippen molar-refractivity contribution < 1.29 is 14.1 Å². The smallest absolute Gasteiger partial charge is 0.306 e. The maximum absolute atomic E-state index is 12.8. The first-order valence-corrected chi connectivity index (χ1v) is 30.7. The Kier molecular flexibility index (Phi) is 30.4. The average Bonchev–Trinajstić information content (AvgIpc) is 1.74. The van der Waals surface area contributed by atoms with E-state index in [9.17, 15) is 39.3 Å². The summed E-state index contributed by atoms with van der Waals surface area (Å²) < 4.78 is 20.1. The normalized spacial score (nSPS) is 13.1. The van der Waals surface area contributed by atoms with Gasteiger partial charge < -0.3 is 30.7 Å². The minimum absolute atomic E-state index is 0. The minimum atomic E-state index is -1.31. The summed E-state index contributed by atoms with van der Waals surface area (Å²) in [5.74, 6) is 0.403. The van der Waals surface area contributed by atoms with E-state index in [2.05, 4.69) is 95.5 Å². The lowest BCUT2D eigenvalue weighted by molar-refractivity contribution is -0.385. The largest absolute Gasteiger partial charge is 0.396 e. The number of anilines is 3. The first-order valence-electron chi connectivity index (χ1n) is 28.0. The summed E-state index contributed by atoms with van der Waals surface area (Å²) in [4.78, 5) is 70.1. The van der Waals surface area contributed by atoms with E-state index in [4.69, 9.17) is 11.0 Å². The number of aromatic amines is 1. The van der Waals surface area contributed by atoms with Crippen LogP contribution in [0.25, 0.3) is 22.1 Å². The SMILES string of the molecule is Br.CN(C)CCBr.CN(C)CCn1cc(N)cn1.CN(C)CCn1cc(Nc2ncc3cc(C#N)c(=O)n(C4CCCC4)c3n2)cn1.CN(C)CCn1cc([N+](=O)[O-])cn1.CS(=O)c1ncc2cc(C#N)c(=O)n(C3CCCC3)c2n1.O=[N+]([O-])c1cn[nH]c1. The standard InChI is InChI=1S/C20H24N8O.C14H14N4O2S.C7H12N4O2.C7H14N4.C4H10BrN.C3H3N3O2.BrH/c1-26(2)7-8-27-13-16(12-23-27)24-20-22-11-15-9-14(10-21)19(29)28(18(15)25-20)17-5-3-4-6-17;1-21(20)14-16-8-10-6-9(7-15)13(19)18(12(10)17-14)11-4-2-3-5-11;1-9(2)3-4-10-6-7(5-8-10)11(12)13;1-10(2)3-4-11-6-7(8)5-9-11;1-6(2)4-3-5;7-6(8)3-1-4-5-2-3;/h9,11-13,17H,3-8H2,1-2H3,(H,22,24,25);6,8,11H,2-5H2,1H3;5-6H,3-4H2,1-2H3;5-6H,3-4,8H2,1-2H3;3-4H2,1-2H3;1-2H,(H,4,5);1H. The van der Waals surface area contributed by atoms with Crippen LogP contribution in [-0.4, -0.2) is 196 Å². The Bertz CT molecular complexity index is 3740. The van der Waals surface area contributed by atoms with E-state index in [0.717, 1.165) is 114 Å². The Morgan fingerprint density at radius 3 is 1.53 bits per heavy atom. The summed E-state index contributed by atoms with van der Waals surface area (Å²) >= 11 is 3.31. The molecule has 10 rings (SSSR count). The predicted octanol–water partition coefficient (Wildman–Crippen LogP) is 6.01. The van der Waals surface area contributed by atoms with E-state index in [1.54, 1.807) is 38.5 Å². The number of nitrogens with one attached hydrogen (secondary N) is 2. The highest BCUT2D eigenvalue weighted by molar-refractivity contribution is 9.09. The van der Waals surface area contributed by atoms with Gasteiger partial charge in [0.15, 0.2) is 0 Å². The fraction of sp³-hybridized carbons (Fsp3) is 0.491. The van der Waals surface area contributed by atoms with Gasteiger partial charge in [0.25, 0.3) is 11.1 Å². The van der Waals surface area contributed by atoms with Crippen LogP contribution in [0.15, 0.2) is 88.8 Å². The number of likely N-dealkylation sites (N-methyl/N-ethyl adjacent to an activating group) is 3. The third kappa shape index (κ3) is 23.3. The van der Waals surface area contributed by atoms with Gasteiger partial charge in [-0.3, -0.25) is 62.3 Å². The fourth-order valence-corrected chi connectivity index (χ4v) is 9.88. The highest BCUT2D eigenvalue weighted by Gasteiger charge is 2.25. The zero-order valence-corrected chi connectivity index (χ0v) is 55.5. The number of fused-ring (bicyclic) bond motifs is 2. The van der Waals surface area contributed by atoms with Crippen LogP contribution >= 0.6 is 32.9 Å². The lowest BCUT2D eigenvalue weighted by atomic mass is 10.2. The molecule has 2 saturated carbocycles. The molecule has 0 aliphatic heterocycles. The summed E-state index contributed by atoms with van der Waals surface area (Å²) in [7, 11) is 14.8. The van der Waals surface area contributed by atoms with Crippen LogP contribution in [0.3, 0.4) is 0 Å². The molecule has 2 fully saturated rings. The molecule has 34 heteroatoms. The maximum Gasteiger partial charge on any atom is 0.306 e. The Hall–Kier alpha value is -8.25. The number of nitrogen functional groups attached to an aromatic ring is 1. The van der Waals surface area contributed by atoms with Crippen LogP contribution in [-0.2, 0) is 30.4 Å². The molecule has 480 valence electrons. The first kappa shape index (κ1) is 73.2. The molecule has 8 aromatic rings. The molecule has 31 nitrogen and oxygen atoms in total. The number of hydrogen-bond acceptors (Lipinski definition) is 23. The number of hydrogen-bond donors (Lipinski definition) is 3. The summed E-state index contributed by atoms with van der Waals surface area (Å²) in [6.45, 7) is 6.17. The van der Waals surface area contributed by atoms with Gasteiger partial charge in [-0.25, -0.2) is 15.0 Å². The van der Waals surface area contributed by atoms with Crippen molar-refractivity contribution in [3.8, 4) is 12.1 Å². The molecule has 2 aliphatic carbocycles. The number of aromatic nitrogens is 14. The summed E-state index contributed by atoms with van der Waals surface area (Å²) in [6.07, 6.45) is 24.8. The van der Waals surface area contributed by atoms with Crippen molar-refractivity contribution in [2.45, 2.75) is 88.2 Å². The van der Waals surface area contributed by atoms with E-state index in [0.29, 0.717) is 34.6 Å². The van der Waals surface area contributed by atoms with Gasteiger partial charge in [-0.1, -0.05) is 41.6 Å². The monoisotopic (exact) mass is 1380 g/mol. The highest BCUT2D eigenvalue weighted by Crippen LogP contribution is 2.32. The van der Waals surface area contributed by atoms with Crippen molar-refractivity contribution in [2.75, 3.05) is 105 Å². The van der Waals surface area contributed by atoms with E-state index < -0.39 is 20.6 Å². The van der Waals surface area contributed by atoms with Crippen LogP contribution in [0.5, 0.6) is 0 Å². The van der Waals surface area contributed by atoms with Crippen molar-refractivity contribution in [3.63, 3.8) is 0 Å². The molecular weight excluding hydrogens is 1300 g/mol. The molecule has 0 bridgehead atoms. The average molecular weight is 1380 g/mol. The number of alkyl halides is 1. The molecule has 2 aliphatic rings. The van der Waals surface area contributed by atoms with Gasteiger partial charge in [0.05, 0.1) is 70.2 Å². The maximum atomic E-state index is 12.8. The number of nitrogens with two attached hydrogens (primary N) is 1. The predicted molar refractivity (Wildman–Crippen MR) is 349 cm³/mol. The summed E-state index contributed by atoms with van der Waals surface area (Å²) in [5, 5.41) is 62.3. The molecule has 0 aromatic carbocycles. The van der Waals surface area contributed by atoms with Crippen molar-refractivity contribution >= 4 is 94.5 Å². The number of H-pyrrole nitrogens is 1.